The van der Waals surface area contributed by atoms with Gasteiger partial charge in [-0.2, -0.15) is 0 Å². The number of likely N-dealkylation sites (N-methyl/N-ethyl adjacent to an activating group) is 1. The number of carbonyl (C=O) groups is 1. The third-order valence-electron chi connectivity index (χ3n) is 2.91. The summed E-state index contributed by atoms with van der Waals surface area (Å²) < 4.78 is 0. The molecule has 1 fully saturated rings. The zero-order chi connectivity index (χ0) is 12.3. The Balaban J connectivity index is 2.21. The van der Waals surface area contributed by atoms with Crippen LogP contribution < -0.4 is 10.2 Å². The van der Waals surface area contributed by atoms with Crippen molar-refractivity contribution in [3.8, 4) is 0 Å². The number of hydrogen-bond acceptors (Lipinski definition) is 4. The molecule has 0 aliphatic carbocycles. The molecule has 2 heterocycles. The zero-order valence-corrected chi connectivity index (χ0v) is 10.3. The van der Waals surface area contributed by atoms with Gasteiger partial charge in [0, 0.05) is 39.9 Å². The maximum absolute atomic E-state index is 12.1. The number of aromatic nitrogens is 1. The second kappa shape index (κ2) is 5.14. The topological polar surface area (TPSA) is 48.5 Å². The lowest BCUT2D eigenvalue weighted by Gasteiger charge is -2.37. The van der Waals surface area contributed by atoms with E-state index in [9.17, 15) is 4.79 Å². The Hall–Kier alpha value is -1.62. The van der Waals surface area contributed by atoms with Gasteiger partial charge in [0.05, 0.1) is 0 Å². The van der Waals surface area contributed by atoms with Crippen LogP contribution in [0.25, 0.3) is 0 Å². The predicted octanol–water partition coefficient (Wildman–Crippen LogP) is -0.0520. The van der Waals surface area contributed by atoms with Crippen LogP contribution in [0, 0.1) is 0 Å². The summed E-state index contributed by atoms with van der Waals surface area (Å²) in [6.07, 6.45) is 1.76. The number of rotatable bonds is 2. The number of hydrogen-bond donors (Lipinski definition) is 1. The van der Waals surface area contributed by atoms with E-state index in [2.05, 4.69) is 15.2 Å². The summed E-state index contributed by atoms with van der Waals surface area (Å²) >= 11 is 0. The van der Waals surface area contributed by atoms with Gasteiger partial charge in [0.1, 0.15) is 11.9 Å². The number of carbonyl (C=O) groups excluding carboxylic acids is 1. The predicted molar refractivity (Wildman–Crippen MR) is 66.9 cm³/mol. The first-order valence-corrected chi connectivity index (χ1v) is 5.79. The molecule has 1 unspecified atom stereocenters. The van der Waals surface area contributed by atoms with Crippen LogP contribution in [0.15, 0.2) is 24.4 Å². The van der Waals surface area contributed by atoms with Crippen molar-refractivity contribution >= 4 is 11.7 Å². The largest absolute Gasteiger partial charge is 0.347 e. The van der Waals surface area contributed by atoms with E-state index in [4.69, 9.17) is 0 Å². The summed E-state index contributed by atoms with van der Waals surface area (Å²) in [6.45, 7) is 2.36. The third-order valence-corrected chi connectivity index (χ3v) is 2.91. The first-order chi connectivity index (χ1) is 8.20. The fourth-order valence-corrected chi connectivity index (χ4v) is 2.02. The lowest BCUT2D eigenvalue weighted by atomic mass is 10.1. The van der Waals surface area contributed by atoms with Crippen molar-refractivity contribution in [2.45, 2.75) is 6.04 Å². The van der Waals surface area contributed by atoms with Crippen LogP contribution in [0.3, 0.4) is 0 Å². The quantitative estimate of drug-likeness (QED) is 0.779. The van der Waals surface area contributed by atoms with Crippen LogP contribution in [0.1, 0.15) is 0 Å². The van der Waals surface area contributed by atoms with Gasteiger partial charge in [-0.3, -0.25) is 4.79 Å². The fraction of sp³-hybridized carbons (Fsp3) is 0.500. The molecule has 1 aliphatic rings. The van der Waals surface area contributed by atoms with Gasteiger partial charge >= 0.3 is 0 Å². The van der Waals surface area contributed by atoms with Gasteiger partial charge in [0.25, 0.3) is 0 Å². The lowest BCUT2D eigenvalue weighted by Crippen LogP contribution is -2.58. The maximum atomic E-state index is 12.1. The Morgan fingerprint density at radius 1 is 1.53 bits per heavy atom. The number of pyridine rings is 1. The summed E-state index contributed by atoms with van der Waals surface area (Å²) in [7, 11) is 3.57. The molecule has 17 heavy (non-hydrogen) atoms. The van der Waals surface area contributed by atoms with Gasteiger partial charge in [0.2, 0.25) is 5.91 Å². The van der Waals surface area contributed by atoms with Crippen molar-refractivity contribution in [3.05, 3.63) is 24.4 Å². The first-order valence-electron chi connectivity index (χ1n) is 5.79. The molecule has 0 saturated carbocycles. The highest BCUT2D eigenvalue weighted by molar-refractivity contribution is 5.85. The second-order valence-electron chi connectivity index (χ2n) is 4.33. The van der Waals surface area contributed by atoms with Crippen molar-refractivity contribution in [2.75, 3.05) is 38.6 Å². The molecule has 1 aromatic rings. The highest BCUT2D eigenvalue weighted by Gasteiger charge is 2.30. The molecule has 1 aromatic heterocycles. The molecule has 1 atom stereocenters. The molecule has 1 aliphatic heterocycles. The molecular weight excluding hydrogens is 216 g/mol. The summed E-state index contributed by atoms with van der Waals surface area (Å²) in [4.78, 5) is 20.1. The van der Waals surface area contributed by atoms with Crippen molar-refractivity contribution < 1.29 is 4.79 Å². The van der Waals surface area contributed by atoms with Gasteiger partial charge in [0.15, 0.2) is 0 Å². The van der Waals surface area contributed by atoms with Gasteiger partial charge in [-0.25, -0.2) is 4.98 Å². The fourth-order valence-electron chi connectivity index (χ4n) is 2.02. The van der Waals surface area contributed by atoms with Gasteiger partial charge in [-0.15, -0.1) is 0 Å². The third kappa shape index (κ3) is 2.55. The summed E-state index contributed by atoms with van der Waals surface area (Å²) in [5, 5.41) is 3.25. The molecule has 5 heteroatoms. The Morgan fingerprint density at radius 3 is 3.00 bits per heavy atom. The molecule has 0 spiro atoms. The minimum absolute atomic E-state index is 0.114. The van der Waals surface area contributed by atoms with Crippen LogP contribution in [-0.2, 0) is 4.79 Å². The Bertz CT molecular complexity index is 379. The molecule has 5 nitrogen and oxygen atoms in total. The van der Waals surface area contributed by atoms with Crippen LogP contribution >= 0.6 is 0 Å². The zero-order valence-electron chi connectivity index (χ0n) is 10.3. The van der Waals surface area contributed by atoms with E-state index in [1.807, 2.05) is 18.2 Å². The van der Waals surface area contributed by atoms with Gasteiger partial charge < -0.3 is 15.1 Å². The number of nitrogens with one attached hydrogen (secondary N) is 1. The molecule has 0 aromatic carbocycles. The molecular formula is C12H18N4O. The number of amides is 1. The van der Waals surface area contributed by atoms with Crippen LogP contribution in [0.5, 0.6) is 0 Å². The Kier molecular flexibility index (Phi) is 3.58. The smallest absolute Gasteiger partial charge is 0.246 e. The lowest BCUT2D eigenvalue weighted by molar-refractivity contribution is -0.130. The SMILES string of the molecule is CN(C)C(=O)C1CNCCN1c1ccccn1. The van der Waals surface area contributed by atoms with E-state index in [1.165, 1.54) is 0 Å². The van der Waals surface area contributed by atoms with E-state index >= 15 is 0 Å². The summed E-state index contributed by atoms with van der Waals surface area (Å²) in [5.41, 5.74) is 0. The Labute approximate surface area is 101 Å². The summed E-state index contributed by atoms with van der Waals surface area (Å²) in [5.74, 6) is 0.983. The van der Waals surface area contributed by atoms with E-state index in [-0.39, 0.29) is 11.9 Å². The van der Waals surface area contributed by atoms with E-state index < -0.39 is 0 Å². The van der Waals surface area contributed by atoms with Crippen LogP contribution in [0.2, 0.25) is 0 Å². The second-order valence-corrected chi connectivity index (χ2v) is 4.33. The average Bonchev–Trinajstić information content (AvgIpc) is 2.39. The minimum atomic E-state index is -0.159. The van der Waals surface area contributed by atoms with Crippen LogP contribution in [-0.4, -0.2) is 55.6 Å². The molecule has 0 bridgehead atoms. The standard InChI is InChI=1S/C12H18N4O/c1-15(2)12(17)10-9-13-7-8-16(10)11-5-3-4-6-14-11/h3-6,10,13H,7-9H2,1-2H3. The monoisotopic (exact) mass is 234 g/mol. The van der Waals surface area contributed by atoms with Gasteiger partial charge in [-0.1, -0.05) is 6.07 Å². The molecule has 1 saturated heterocycles. The van der Waals surface area contributed by atoms with Crippen molar-refractivity contribution in [1.82, 2.24) is 15.2 Å². The van der Waals surface area contributed by atoms with Crippen molar-refractivity contribution in [2.24, 2.45) is 0 Å². The van der Waals surface area contributed by atoms with Crippen LogP contribution in [0.4, 0.5) is 5.82 Å². The first kappa shape index (κ1) is 11.9. The average molecular weight is 234 g/mol. The van der Waals surface area contributed by atoms with Crippen molar-refractivity contribution in [3.63, 3.8) is 0 Å². The van der Waals surface area contributed by atoms with E-state index in [1.54, 1.807) is 25.2 Å². The highest BCUT2D eigenvalue weighted by atomic mass is 16.2. The molecule has 0 radical (unpaired) electrons. The Morgan fingerprint density at radius 2 is 2.35 bits per heavy atom. The van der Waals surface area contributed by atoms with Crippen molar-refractivity contribution in [1.29, 1.82) is 0 Å². The normalized spacial score (nSPS) is 20.1. The maximum Gasteiger partial charge on any atom is 0.246 e. The van der Waals surface area contributed by atoms with E-state index in [0.29, 0.717) is 6.54 Å². The number of nitrogens with zero attached hydrogens (tertiary/aromatic N) is 3. The molecule has 1 N–H and O–H groups in total. The highest BCUT2D eigenvalue weighted by Crippen LogP contribution is 2.15. The summed E-state index contributed by atoms with van der Waals surface area (Å²) in [6, 6.07) is 5.62. The molecule has 92 valence electrons. The number of piperazine rings is 1. The van der Waals surface area contributed by atoms with E-state index in [0.717, 1.165) is 18.9 Å². The van der Waals surface area contributed by atoms with Gasteiger partial charge in [-0.05, 0) is 12.1 Å². The molecule has 1 amide bonds. The number of anilines is 1. The minimum Gasteiger partial charge on any atom is -0.347 e. The molecule has 2 rings (SSSR count).